The summed E-state index contributed by atoms with van der Waals surface area (Å²) in [5.74, 6) is -0.545. The Morgan fingerprint density at radius 3 is 2.63 bits per heavy atom. The molecule has 2 aliphatic rings. The van der Waals surface area contributed by atoms with Gasteiger partial charge in [0.05, 0.1) is 5.56 Å². The Kier molecular flexibility index (Phi) is 9.45. The van der Waals surface area contributed by atoms with Crippen LogP contribution in [0.2, 0.25) is 0 Å². The number of amides is 2. The van der Waals surface area contributed by atoms with E-state index in [0.29, 0.717) is 6.29 Å². The van der Waals surface area contributed by atoms with Crippen LogP contribution in [-0.2, 0) is 14.2 Å². The van der Waals surface area contributed by atoms with Crippen LogP contribution in [0.3, 0.4) is 0 Å². The first-order valence-electron chi connectivity index (χ1n) is 13.9. The molecule has 2 fully saturated rings. The zero-order valence-electron chi connectivity index (χ0n) is 23.6. The average molecular weight is 593 g/mol. The number of aldehydes is 1. The number of nitrogens with two attached hydrogens (primary N) is 1. The number of nitrogens with zero attached hydrogens (tertiary/aromatic N) is 2. The summed E-state index contributed by atoms with van der Waals surface area (Å²) in [6.07, 6.45) is 2.65. The lowest BCUT2D eigenvalue weighted by atomic mass is 10.1. The van der Waals surface area contributed by atoms with Gasteiger partial charge in [0.15, 0.2) is 42.0 Å². The molecule has 43 heavy (non-hydrogen) atoms. The van der Waals surface area contributed by atoms with Gasteiger partial charge in [0.1, 0.15) is 36.9 Å². The first-order chi connectivity index (χ1) is 20.9. The van der Waals surface area contributed by atoms with Crippen LogP contribution >= 0.6 is 0 Å². The molecule has 6 atom stereocenters. The van der Waals surface area contributed by atoms with Crippen molar-refractivity contribution in [1.82, 2.24) is 15.3 Å². The zero-order valence-corrected chi connectivity index (χ0v) is 23.6. The van der Waals surface area contributed by atoms with Crippen molar-refractivity contribution in [2.24, 2.45) is 0 Å². The van der Waals surface area contributed by atoms with E-state index in [4.69, 9.17) is 24.7 Å². The number of benzene rings is 2. The molecule has 2 amide bonds. The summed E-state index contributed by atoms with van der Waals surface area (Å²) in [7, 11) is 0. The van der Waals surface area contributed by atoms with Crippen molar-refractivity contribution in [3.63, 3.8) is 0 Å². The number of hydrogen-bond donors (Lipinski definition) is 4. The van der Waals surface area contributed by atoms with E-state index in [9.17, 15) is 14.0 Å². The highest BCUT2D eigenvalue weighted by Crippen LogP contribution is 2.37. The van der Waals surface area contributed by atoms with Crippen LogP contribution < -0.4 is 26.4 Å². The smallest absolute Gasteiger partial charge is 0.320 e. The lowest BCUT2D eigenvalue weighted by Gasteiger charge is -2.22. The van der Waals surface area contributed by atoms with E-state index in [2.05, 4.69) is 25.9 Å². The zero-order chi connectivity index (χ0) is 30.3. The molecule has 0 aliphatic carbocycles. The van der Waals surface area contributed by atoms with E-state index in [1.54, 1.807) is 6.08 Å². The molecule has 3 aromatic rings. The maximum atomic E-state index is 14.5. The first-order valence-corrected chi connectivity index (χ1v) is 13.9. The van der Waals surface area contributed by atoms with Gasteiger partial charge in [-0.3, -0.25) is 10.1 Å². The predicted molar refractivity (Wildman–Crippen MR) is 157 cm³/mol. The molecule has 5 rings (SSSR count). The molecule has 1 aromatic heterocycles. The van der Waals surface area contributed by atoms with E-state index < -0.39 is 42.7 Å². The molecule has 0 saturated carbocycles. The molecule has 5 unspecified atom stereocenters. The summed E-state index contributed by atoms with van der Waals surface area (Å²) in [6.45, 7) is 3.69. The summed E-state index contributed by atoms with van der Waals surface area (Å²) < 4.78 is 38.7. The van der Waals surface area contributed by atoms with Crippen LogP contribution in [0.4, 0.5) is 26.5 Å². The standard InChI is InChI=1S/C30H33FN6O6/c1-3-17(2)35-30(39)37-28-23(32)27(33-16-34-28)36-29-26-25(42-22(43-26)13-12-18-8-5-4-6-9-18)21(41-29)15-40-24-19(14-38)10-7-11-20(24)31/h4-14,16-17,21-22,25-26,29H,3,15,32H2,1-2H3,(H3,33,34,35,36,37,39)/b13-12+/t17?,21?,22-,25?,26?,29?/m0/s1. The lowest BCUT2D eigenvalue weighted by Crippen LogP contribution is -2.36. The highest BCUT2D eigenvalue weighted by atomic mass is 19.1. The number of para-hydroxylation sites is 1. The predicted octanol–water partition coefficient (Wildman–Crippen LogP) is 3.97. The summed E-state index contributed by atoms with van der Waals surface area (Å²) in [5.41, 5.74) is 7.42. The van der Waals surface area contributed by atoms with Crippen LogP contribution in [0, 0.1) is 5.82 Å². The molecule has 2 aliphatic heterocycles. The molecular formula is C30H33FN6O6. The number of anilines is 3. The van der Waals surface area contributed by atoms with Crippen LogP contribution in [0.1, 0.15) is 36.2 Å². The van der Waals surface area contributed by atoms with Gasteiger partial charge in [0.2, 0.25) is 0 Å². The second kappa shape index (κ2) is 13.6. The van der Waals surface area contributed by atoms with Crippen molar-refractivity contribution in [2.45, 2.75) is 57.1 Å². The fourth-order valence-corrected chi connectivity index (χ4v) is 4.63. The van der Waals surface area contributed by atoms with Crippen molar-refractivity contribution in [3.05, 3.63) is 77.9 Å². The van der Waals surface area contributed by atoms with Crippen LogP contribution in [0.15, 0.2) is 60.9 Å². The molecular weight excluding hydrogens is 559 g/mol. The minimum Gasteiger partial charge on any atom is -0.487 e. The Hall–Kier alpha value is -4.59. The Morgan fingerprint density at radius 1 is 1.09 bits per heavy atom. The van der Waals surface area contributed by atoms with Crippen molar-refractivity contribution in [3.8, 4) is 5.75 Å². The monoisotopic (exact) mass is 592 g/mol. The number of carbonyl (C=O) groups is 2. The van der Waals surface area contributed by atoms with Gasteiger partial charge in [0.25, 0.3) is 0 Å². The highest BCUT2D eigenvalue weighted by Gasteiger charge is 2.53. The molecule has 226 valence electrons. The SMILES string of the molecule is CCC(C)NC(=O)Nc1ncnc(NC2OC(COc3c(F)cccc3C=O)C3O[C@H](/C=C/c4ccccc4)OC23)c1N. The van der Waals surface area contributed by atoms with Crippen LogP contribution in [0.25, 0.3) is 6.08 Å². The number of halogens is 1. The van der Waals surface area contributed by atoms with Crippen LogP contribution in [-0.4, -0.2) is 65.8 Å². The van der Waals surface area contributed by atoms with E-state index in [-0.39, 0.29) is 41.3 Å². The number of nitrogens with one attached hydrogen (secondary N) is 3. The molecule has 2 aromatic carbocycles. The number of ether oxygens (including phenoxy) is 4. The Labute approximate surface area is 247 Å². The van der Waals surface area contributed by atoms with Crippen molar-refractivity contribution < 1.29 is 32.9 Å². The summed E-state index contributed by atoms with van der Waals surface area (Å²) in [6, 6.07) is 13.3. The number of carbonyl (C=O) groups excluding carboxylic acids is 2. The van der Waals surface area contributed by atoms with Gasteiger partial charge >= 0.3 is 6.03 Å². The minimum absolute atomic E-state index is 0.0426. The fourth-order valence-electron chi connectivity index (χ4n) is 4.63. The molecule has 5 N–H and O–H groups in total. The molecule has 3 heterocycles. The maximum Gasteiger partial charge on any atom is 0.320 e. The number of hydrogen-bond acceptors (Lipinski definition) is 10. The Morgan fingerprint density at radius 2 is 1.86 bits per heavy atom. The van der Waals surface area contributed by atoms with E-state index in [1.807, 2.05) is 50.3 Å². The lowest BCUT2D eigenvalue weighted by molar-refractivity contribution is -0.108. The second-order valence-electron chi connectivity index (χ2n) is 10.1. The Bertz CT molecular complexity index is 1460. The van der Waals surface area contributed by atoms with Gasteiger partial charge in [-0.15, -0.1) is 0 Å². The third-order valence-corrected chi connectivity index (χ3v) is 7.04. The van der Waals surface area contributed by atoms with Gasteiger partial charge in [-0.05, 0) is 37.1 Å². The second-order valence-corrected chi connectivity index (χ2v) is 10.1. The minimum atomic E-state index is -0.820. The van der Waals surface area contributed by atoms with Gasteiger partial charge in [-0.1, -0.05) is 49.4 Å². The van der Waals surface area contributed by atoms with Crippen molar-refractivity contribution in [2.75, 3.05) is 23.0 Å². The number of fused-ring (bicyclic) bond motifs is 1. The van der Waals surface area contributed by atoms with Crippen LogP contribution in [0.5, 0.6) is 5.75 Å². The normalized spacial score (nSPS) is 23.5. The molecule has 0 radical (unpaired) electrons. The van der Waals surface area contributed by atoms with E-state index >= 15 is 0 Å². The van der Waals surface area contributed by atoms with E-state index in [0.717, 1.165) is 12.0 Å². The van der Waals surface area contributed by atoms with Gasteiger partial charge < -0.3 is 35.3 Å². The number of nitrogen functional groups attached to an aromatic ring is 1. The first kappa shape index (κ1) is 29.9. The average Bonchev–Trinajstić information content (AvgIpc) is 3.57. The topological polar surface area (TPSA) is 159 Å². The van der Waals surface area contributed by atoms with Gasteiger partial charge in [-0.2, -0.15) is 0 Å². The molecule has 12 nitrogen and oxygen atoms in total. The molecule has 13 heteroatoms. The van der Waals surface area contributed by atoms with Gasteiger partial charge in [-0.25, -0.2) is 19.2 Å². The Balaban J connectivity index is 1.33. The van der Waals surface area contributed by atoms with Crippen molar-refractivity contribution >= 4 is 35.7 Å². The highest BCUT2D eigenvalue weighted by molar-refractivity contribution is 5.93. The largest absolute Gasteiger partial charge is 0.487 e. The molecule has 2 saturated heterocycles. The third-order valence-electron chi connectivity index (χ3n) is 7.04. The molecule has 0 spiro atoms. The summed E-state index contributed by atoms with van der Waals surface area (Å²) >= 11 is 0. The summed E-state index contributed by atoms with van der Waals surface area (Å²) in [4.78, 5) is 32.1. The summed E-state index contributed by atoms with van der Waals surface area (Å²) in [5, 5.41) is 8.54. The number of aromatic nitrogens is 2. The fraction of sp³-hybridized carbons (Fsp3) is 0.333. The maximum absolute atomic E-state index is 14.5. The van der Waals surface area contributed by atoms with Crippen molar-refractivity contribution in [1.29, 1.82) is 0 Å². The number of rotatable bonds is 11. The molecule has 0 bridgehead atoms. The van der Waals surface area contributed by atoms with E-state index in [1.165, 1.54) is 24.5 Å². The quantitative estimate of drug-likeness (QED) is 0.240. The number of urea groups is 1. The van der Waals surface area contributed by atoms with Gasteiger partial charge in [0, 0.05) is 6.04 Å². The third kappa shape index (κ3) is 7.08.